The molecule has 0 atom stereocenters. The smallest absolute Gasteiger partial charge is 0.294 e. The first-order chi connectivity index (χ1) is 9.61. The minimum Gasteiger partial charge on any atom is -0.489 e. The predicted molar refractivity (Wildman–Crippen MR) is 84.4 cm³/mol. The van der Waals surface area contributed by atoms with Crippen LogP contribution < -0.4 is 16.0 Å². The molecule has 0 amide bonds. The Morgan fingerprint density at radius 1 is 1.25 bits per heavy atom. The first kappa shape index (κ1) is 14.5. The van der Waals surface area contributed by atoms with Crippen LogP contribution in [0.1, 0.15) is 5.56 Å². The molecule has 104 valence electrons. The molecule has 0 aliphatic rings. The van der Waals surface area contributed by atoms with E-state index in [9.17, 15) is 10.1 Å². The Balaban J connectivity index is 2.19. The van der Waals surface area contributed by atoms with E-state index in [4.69, 9.17) is 10.6 Å². The fraction of sp³-hybridized carbons (Fsp3) is 0.0769. The van der Waals surface area contributed by atoms with E-state index >= 15 is 0 Å². The Labute approximate surface area is 129 Å². The number of ether oxygens (including phenoxy) is 1. The van der Waals surface area contributed by atoms with E-state index in [0.717, 1.165) is 3.57 Å². The number of rotatable bonds is 5. The molecule has 0 fully saturated rings. The minimum atomic E-state index is -0.483. The molecule has 0 saturated carbocycles. The molecule has 0 saturated heterocycles. The molecule has 0 heterocycles. The molecule has 0 aliphatic heterocycles. The summed E-state index contributed by atoms with van der Waals surface area (Å²) in [6, 6.07) is 12.3. The number of benzene rings is 2. The van der Waals surface area contributed by atoms with Crippen LogP contribution in [0.5, 0.6) is 5.75 Å². The molecule has 3 N–H and O–H groups in total. The summed E-state index contributed by atoms with van der Waals surface area (Å²) in [5, 5.41) is 10.9. The number of nitrogens with zero attached hydrogens (tertiary/aromatic N) is 1. The van der Waals surface area contributed by atoms with Crippen molar-refractivity contribution >= 4 is 34.0 Å². The highest BCUT2D eigenvalue weighted by Crippen LogP contribution is 2.28. The van der Waals surface area contributed by atoms with E-state index < -0.39 is 4.92 Å². The Bertz CT molecular complexity index is 617. The number of hydrogen-bond donors (Lipinski definition) is 2. The third-order valence-electron chi connectivity index (χ3n) is 2.68. The van der Waals surface area contributed by atoms with Crippen molar-refractivity contribution in [3.05, 3.63) is 61.7 Å². The summed E-state index contributed by atoms with van der Waals surface area (Å²) >= 11 is 2.20. The van der Waals surface area contributed by atoms with E-state index in [2.05, 4.69) is 28.0 Å². The largest absolute Gasteiger partial charge is 0.489 e. The zero-order chi connectivity index (χ0) is 14.5. The van der Waals surface area contributed by atoms with Crippen molar-refractivity contribution < 1.29 is 9.66 Å². The van der Waals surface area contributed by atoms with Gasteiger partial charge in [0.05, 0.1) is 4.92 Å². The Morgan fingerprint density at radius 2 is 1.95 bits per heavy atom. The standard InChI is InChI=1S/C13H12IN3O3/c14-10-4-6-11(7-5-10)20-8-9-2-1-3-12(17(18)19)13(9)16-15/h1-7,16H,8,15H2. The highest BCUT2D eigenvalue weighted by Gasteiger charge is 2.16. The fourth-order valence-corrected chi connectivity index (χ4v) is 2.08. The summed E-state index contributed by atoms with van der Waals surface area (Å²) in [5.41, 5.74) is 3.19. The van der Waals surface area contributed by atoms with Gasteiger partial charge in [-0.05, 0) is 46.9 Å². The van der Waals surface area contributed by atoms with Crippen LogP contribution in [-0.4, -0.2) is 4.92 Å². The van der Waals surface area contributed by atoms with Gasteiger partial charge in [-0.25, -0.2) is 0 Å². The van der Waals surface area contributed by atoms with Crippen molar-refractivity contribution in [1.82, 2.24) is 0 Å². The first-order valence-corrected chi connectivity index (χ1v) is 6.81. The molecular weight excluding hydrogens is 373 g/mol. The molecule has 2 rings (SSSR count). The third-order valence-corrected chi connectivity index (χ3v) is 3.40. The van der Waals surface area contributed by atoms with Gasteiger partial charge in [-0.3, -0.25) is 16.0 Å². The van der Waals surface area contributed by atoms with Crippen LogP contribution in [0.4, 0.5) is 11.4 Å². The second-order valence-electron chi connectivity index (χ2n) is 3.96. The van der Waals surface area contributed by atoms with Crippen molar-refractivity contribution in [3.8, 4) is 5.75 Å². The number of nitrogens with two attached hydrogens (primary N) is 1. The quantitative estimate of drug-likeness (QED) is 0.357. The van der Waals surface area contributed by atoms with Crippen molar-refractivity contribution in [1.29, 1.82) is 0 Å². The van der Waals surface area contributed by atoms with Crippen LogP contribution in [0, 0.1) is 13.7 Å². The van der Waals surface area contributed by atoms with Crippen LogP contribution in [0.2, 0.25) is 0 Å². The Hall–Kier alpha value is -1.87. The molecule has 7 heteroatoms. The second kappa shape index (κ2) is 6.53. The summed E-state index contributed by atoms with van der Waals surface area (Å²) in [4.78, 5) is 10.4. The van der Waals surface area contributed by atoms with E-state index in [-0.39, 0.29) is 18.0 Å². The van der Waals surface area contributed by atoms with Crippen LogP contribution >= 0.6 is 22.6 Å². The van der Waals surface area contributed by atoms with Crippen molar-refractivity contribution in [3.63, 3.8) is 0 Å². The number of hydrazine groups is 1. The summed E-state index contributed by atoms with van der Waals surface area (Å²) in [6.45, 7) is 0.196. The average Bonchev–Trinajstić information content (AvgIpc) is 2.46. The number of nitrogen functional groups attached to an aromatic ring is 1. The number of halogens is 1. The van der Waals surface area contributed by atoms with Crippen molar-refractivity contribution in [2.45, 2.75) is 6.61 Å². The maximum absolute atomic E-state index is 10.9. The zero-order valence-corrected chi connectivity index (χ0v) is 12.5. The minimum absolute atomic E-state index is 0.0730. The number of nitrogens with one attached hydrogen (secondary N) is 1. The number of nitro benzene ring substituents is 1. The van der Waals surface area contributed by atoms with E-state index in [1.165, 1.54) is 6.07 Å². The molecule has 2 aromatic rings. The molecule has 0 aliphatic carbocycles. The van der Waals surface area contributed by atoms with Gasteiger partial charge in [0.25, 0.3) is 5.69 Å². The number of anilines is 1. The van der Waals surface area contributed by atoms with Gasteiger partial charge >= 0.3 is 0 Å². The normalized spacial score (nSPS) is 10.1. The fourth-order valence-electron chi connectivity index (χ4n) is 1.72. The molecule has 6 nitrogen and oxygen atoms in total. The lowest BCUT2D eigenvalue weighted by Gasteiger charge is -2.11. The maximum Gasteiger partial charge on any atom is 0.294 e. The van der Waals surface area contributed by atoms with Crippen LogP contribution in [-0.2, 0) is 6.61 Å². The highest BCUT2D eigenvalue weighted by molar-refractivity contribution is 14.1. The topological polar surface area (TPSA) is 90.4 Å². The van der Waals surface area contributed by atoms with E-state index in [1.807, 2.05) is 24.3 Å². The maximum atomic E-state index is 10.9. The van der Waals surface area contributed by atoms with Crippen LogP contribution in [0.25, 0.3) is 0 Å². The SMILES string of the molecule is NNc1c(COc2ccc(I)cc2)cccc1[N+](=O)[O-]. The van der Waals surface area contributed by atoms with Gasteiger partial charge in [-0.15, -0.1) is 0 Å². The lowest BCUT2D eigenvalue weighted by molar-refractivity contribution is -0.384. The van der Waals surface area contributed by atoms with Gasteiger partial charge in [-0.2, -0.15) is 0 Å². The van der Waals surface area contributed by atoms with Gasteiger partial charge in [0.2, 0.25) is 0 Å². The summed E-state index contributed by atoms with van der Waals surface area (Å²) in [5.74, 6) is 6.06. The number of hydrogen-bond acceptors (Lipinski definition) is 5. The number of nitro groups is 1. The molecule has 0 aromatic heterocycles. The van der Waals surface area contributed by atoms with Crippen molar-refractivity contribution in [2.24, 2.45) is 5.84 Å². The Kier molecular flexibility index (Phi) is 4.74. The van der Waals surface area contributed by atoms with E-state index in [0.29, 0.717) is 11.3 Å². The van der Waals surface area contributed by atoms with Gasteiger partial charge in [0.15, 0.2) is 0 Å². The van der Waals surface area contributed by atoms with E-state index in [1.54, 1.807) is 12.1 Å². The summed E-state index contributed by atoms with van der Waals surface area (Å²) in [7, 11) is 0. The average molecular weight is 385 g/mol. The molecule has 0 unspecified atom stereocenters. The van der Waals surface area contributed by atoms with Gasteiger partial charge in [0.1, 0.15) is 18.0 Å². The lowest BCUT2D eigenvalue weighted by atomic mass is 10.1. The molecule has 20 heavy (non-hydrogen) atoms. The second-order valence-corrected chi connectivity index (χ2v) is 5.20. The predicted octanol–water partition coefficient (Wildman–Crippen LogP) is 3.06. The molecule has 0 radical (unpaired) electrons. The molecule has 2 aromatic carbocycles. The third kappa shape index (κ3) is 3.36. The van der Waals surface area contributed by atoms with Crippen LogP contribution in [0.15, 0.2) is 42.5 Å². The molecule has 0 bridgehead atoms. The lowest BCUT2D eigenvalue weighted by Crippen LogP contribution is -2.12. The van der Waals surface area contributed by atoms with Gasteiger partial charge in [0, 0.05) is 15.2 Å². The number of para-hydroxylation sites is 1. The van der Waals surface area contributed by atoms with Crippen molar-refractivity contribution in [2.75, 3.05) is 5.43 Å². The Morgan fingerprint density at radius 3 is 2.55 bits per heavy atom. The van der Waals surface area contributed by atoms with Gasteiger partial charge in [-0.1, -0.05) is 12.1 Å². The molecule has 0 spiro atoms. The first-order valence-electron chi connectivity index (χ1n) is 5.73. The summed E-state index contributed by atoms with van der Waals surface area (Å²) < 4.78 is 6.71. The zero-order valence-electron chi connectivity index (χ0n) is 10.4. The van der Waals surface area contributed by atoms with Crippen LogP contribution in [0.3, 0.4) is 0 Å². The summed E-state index contributed by atoms with van der Waals surface area (Å²) in [6.07, 6.45) is 0. The molecular formula is C13H12IN3O3. The highest BCUT2D eigenvalue weighted by atomic mass is 127. The van der Waals surface area contributed by atoms with Gasteiger partial charge < -0.3 is 10.2 Å². The monoisotopic (exact) mass is 385 g/mol.